The molecule has 128 valence electrons. The van der Waals surface area contributed by atoms with Crippen molar-refractivity contribution in [2.75, 3.05) is 0 Å². The van der Waals surface area contributed by atoms with E-state index in [0.29, 0.717) is 22.5 Å². The van der Waals surface area contributed by atoms with E-state index >= 15 is 0 Å². The van der Waals surface area contributed by atoms with Crippen molar-refractivity contribution in [2.45, 2.75) is 6.92 Å². The van der Waals surface area contributed by atoms with Gasteiger partial charge in [-0.05, 0) is 31.2 Å². The highest BCUT2D eigenvalue weighted by Gasteiger charge is 2.35. The summed E-state index contributed by atoms with van der Waals surface area (Å²) < 4.78 is 1.39. The van der Waals surface area contributed by atoms with E-state index in [1.807, 2.05) is 18.2 Å². The fourth-order valence-corrected chi connectivity index (χ4v) is 2.87. The number of hydrazone groups is 1. The van der Waals surface area contributed by atoms with Gasteiger partial charge in [0.15, 0.2) is 0 Å². The lowest BCUT2D eigenvalue weighted by atomic mass is 10.1. The number of carbonyl (C=O) groups excluding carboxylic acids is 2. The number of aromatic amines is 1. The van der Waals surface area contributed by atoms with Crippen molar-refractivity contribution in [3.63, 3.8) is 0 Å². The molecule has 0 fully saturated rings. The first-order valence-electron chi connectivity index (χ1n) is 7.97. The maximum Gasteiger partial charge on any atom is 0.282 e. The topological polar surface area (TPSA) is 87.5 Å². The number of H-pyrrole nitrogens is 1. The molecule has 0 bridgehead atoms. The monoisotopic (exact) mass is 346 g/mol. The third-order valence-electron chi connectivity index (χ3n) is 4.21. The lowest BCUT2D eigenvalue weighted by molar-refractivity contribution is 0.0660. The molecule has 0 saturated carbocycles. The highest BCUT2D eigenvalue weighted by Crippen LogP contribution is 2.22. The number of carbonyl (C=O) groups is 2. The average molecular weight is 346 g/mol. The zero-order valence-electron chi connectivity index (χ0n) is 13.8. The van der Waals surface area contributed by atoms with Gasteiger partial charge in [-0.25, -0.2) is 4.68 Å². The Balaban J connectivity index is 1.69. The summed E-state index contributed by atoms with van der Waals surface area (Å²) >= 11 is 0. The Morgan fingerprint density at radius 2 is 1.46 bits per heavy atom. The first-order valence-corrected chi connectivity index (χ1v) is 7.97. The second-order valence-electron chi connectivity index (χ2n) is 5.84. The van der Waals surface area contributed by atoms with Crippen molar-refractivity contribution >= 4 is 18.0 Å². The Hall–Kier alpha value is -3.74. The Morgan fingerprint density at radius 3 is 2.08 bits per heavy atom. The van der Waals surface area contributed by atoms with Gasteiger partial charge in [0.05, 0.1) is 28.6 Å². The summed E-state index contributed by atoms with van der Waals surface area (Å²) in [6.07, 6.45) is 1.25. The molecule has 0 spiro atoms. The number of amides is 2. The number of aromatic nitrogens is 2. The van der Waals surface area contributed by atoms with E-state index in [1.165, 1.54) is 10.9 Å². The molecule has 2 aromatic carbocycles. The van der Waals surface area contributed by atoms with Gasteiger partial charge in [-0.15, -0.1) is 0 Å². The second-order valence-corrected chi connectivity index (χ2v) is 5.84. The van der Waals surface area contributed by atoms with E-state index in [0.717, 1.165) is 5.01 Å². The lowest BCUT2D eigenvalue weighted by Crippen LogP contribution is -2.25. The Labute approximate surface area is 148 Å². The molecule has 0 radical (unpaired) electrons. The van der Waals surface area contributed by atoms with Crippen LogP contribution >= 0.6 is 0 Å². The molecular weight excluding hydrogens is 332 g/mol. The molecule has 4 rings (SSSR count). The Kier molecular flexibility index (Phi) is 3.62. The van der Waals surface area contributed by atoms with Gasteiger partial charge in [-0.2, -0.15) is 10.1 Å². The van der Waals surface area contributed by atoms with Crippen molar-refractivity contribution in [1.29, 1.82) is 0 Å². The molecule has 0 unspecified atom stereocenters. The molecule has 2 amide bonds. The van der Waals surface area contributed by atoms with Crippen LogP contribution in [0.5, 0.6) is 0 Å². The number of hydrogen-bond donors (Lipinski definition) is 1. The quantitative estimate of drug-likeness (QED) is 0.582. The minimum Gasteiger partial charge on any atom is -0.295 e. The summed E-state index contributed by atoms with van der Waals surface area (Å²) in [6.45, 7) is 1.73. The van der Waals surface area contributed by atoms with Gasteiger partial charge in [0.1, 0.15) is 0 Å². The summed E-state index contributed by atoms with van der Waals surface area (Å²) in [5, 5.41) is 7.72. The molecule has 1 N–H and O–H groups in total. The van der Waals surface area contributed by atoms with Gasteiger partial charge >= 0.3 is 0 Å². The van der Waals surface area contributed by atoms with Crippen molar-refractivity contribution in [3.8, 4) is 5.69 Å². The first kappa shape index (κ1) is 15.8. The number of nitrogens with zero attached hydrogens (tertiary/aromatic N) is 3. The molecule has 3 aromatic rings. The number of para-hydroxylation sites is 1. The van der Waals surface area contributed by atoms with Crippen LogP contribution in [0.3, 0.4) is 0 Å². The van der Waals surface area contributed by atoms with Crippen molar-refractivity contribution in [3.05, 3.63) is 87.3 Å². The molecule has 1 aliphatic rings. The predicted octanol–water partition coefficient (Wildman–Crippen LogP) is 2.10. The van der Waals surface area contributed by atoms with E-state index in [2.05, 4.69) is 10.2 Å². The minimum absolute atomic E-state index is 0.283. The smallest absolute Gasteiger partial charge is 0.282 e. The number of benzene rings is 2. The van der Waals surface area contributed by atoms with Crippen molar-refractivity contribution in [1.82, 2.24) is 14.8 Å². The number of imide groups is 1. The standard InChI is InChI=1S/C19H14N4O3/c1-12-16(19(26)22(21-12)13-7-3-2-4-8-13)11-20-23-17(24)14-9-5-6-10-15(14)18(23)25/h2-11,21H,1H3. The van der Waals surface area contributed by atoms with Crippen LogP contribution in [0, 0.1) is 6.92 Å². The fraction of sp³-hybridized carbons (Fsp3) is 0.0526. The molecule has 7 nitrogen and oxygen atoms in total. The van der Waals surface area contributed by atoms with Crippen LogP contribution in [0.25, 0.3) is 5.69 Å². The van der Waals surface area contributed by atoms with Crippen LogP contribution in [-0.2, 0) is 0 Å². The number of rotatable bonds is 3. The summed E-state index contributed by atoms with van der Waals surface area (Å²) in [5.74, 6) is -1.00. The van der Waals surface area contributed by atoms with Crippen LogP contribution < -0.4 is 5.56 Å². The normalized spacial score (nSPS) is 13.7. The summed E-state index contributed by atoms with van der Waals surface area (Å²) in [7, 11) is 0. The number of nitrogens with one attached hydrogen (secondary N) is 1. The zero-order valence-corrected chi connectivity index (χ0v) is 13.8. The summed E-state index contributed by atoms with van der Waals surface area (Å²) in [4.78, 5) is 37.3. The molecule has 1 aromatic heterocycles. The van der Waals surface area contributed by atoms with Crippen molar-refractivity contribution in [2.24, 2.45) is 5.10 Å². The molecular formula is C19H14N4O3. The summed E-state index contributed by atoms with van der Waals surface area (Å²) in [6, 6.07) is 15.6. The van der Waals surface area contributed by atoms with Crippen LogP contribution in [-0.4, -0.2) is 32.8 Å². The van der Waals surface area contributed by atoms with Crippen LogP contribution in [0.4, 0.5) is 0 Å². The van der Waals surface area contributed by atoms with Crippen LogP contribution in [0.1, 0.15) is 32.0 Å². The third-order valence-corrected chi connectivity index (χ3v) is 4.21. The van der Waals surface area contributed by atoms with Crippen molar-refractivity contribution < 1.29 is 9.59 Å². The highest BCUT2D eigenvalue weighted by atomic mass is 16.2. The average Bonchev–Trinajstić information content (AvgIpc) is 3.09. The molecule has 0 atom stereocenters. The van der Waals surface area contributed by atoms with Gasteiger partial charge in [-0.1, -0.05) is 30.3 Å². The van der Waals surface area contributed by atoms with E-state index in [9.17, 15) is 14.4 Å². The number of hydrogen-bond acceptors (Lipinski definition) is 4. The van der Waals surface area contributed by atoms with E-state index < -0.39 is 11.8 Å². The molecule has 0 aliphatic carbocycles. The Morgan fingerprint density at radius 1 is 0.885 bits per heavy atom. The Bertz CT molecular complexity index is 1070. The largest absolute Gasteiger partial charge is 0.295 e. The SMILES string of the molecule is Cc1[nH]n(-c2ccccc2)c(=O)c1C=NN1C(=O)c2ccccc2C1=O. The van der Waals surface area contributed by atoms with E-state index in [4.69, 9.17) is 0 Å². The van der Waals surface area contributed by atoms with Gasteiger partial charge in [0.25, 0.3) is 17.4 Å². The van der Waals surface area contributed by atoms with Gasteiger partial charge in [0.2, 0.25) is 0 Å². The molecule has 1 aliphatic heterocycles. The highest BCUT2D eigenvalue weighted by molar-refractivity contribution is 6.21. The van der Waals surface area contributed by atoms with Gasteiger partial charge < -0.3 is 0 Å². The van der Waals surface area contributed by atoms with E-state index in [-0.39, 0.29) is 11.1 Å². The van der Waals surface area contributed by atoms with Crippen LogP contribution in [0.2, 0.25) is 0 Å². The van der Waals surface area contributed by atoms with E-state index in [1.54, 1.807) is 43.3 Å². The predicted molar refractivity (Wildman–Crippen MR) is 95.7 cm³/mol. The lowest BCUT2D eigenvalue weighted by Gasteiger charge is -2.04. The molecule has 7 heteroatoms. The third kappa shape index (κ3) is 2.37. The first-order chi connectivity index (χ1) is 12.6. The molecule has 0 saturated heterocycles. The summed E-state index contributed by atoms with van der Waals surface area (Å²) in [5.41, 5.74) is 1.85. The maximum absolute atomic E-state index is 12.6. The minimum atomic E-state index is -0.501. The van der Waals surface area contributed by atoms with Gasteiger partial charge in [0, 0.05) is 5.69 Å². The molecule has 26 heavy (non-hydrogen) atoms. The number of aryl methyl sites for hydroxylation is 1. The molecule has 2 heterocycles. The number of fused-ring (bicyclic) bond motifs is 1. The van der Waals surface area contributed by atoms with Crippen LogP contribution in [0.15, 0.2) is 64.5 Å². The van der Waals surface area contributed by atoms with Gasteiger partial charge in [-0.3, -0.25) is 19.5 Å². The maximum atomic E-state index is 12.6. The fourth-order valence-electron chi connectivity index (χ4n) is 2.87. The second kappa shape index (κ2) is 5.96. The zero-order chi connectivity index (χ0) is 18.3.